The highest BCUT2D eigenvalue weighted by molar-refractivity contribution is 4.65. The van der Waals surface area contributed by atoms with Crippen LogP contribution in [0.5, 0.6) is 0 Å². The van der Waals surface area contributed by atoms with Gasteiger partial charge in [0.2, 0.25) is 0 Å². The van der Waals surface area contributed by atoms with Crippen LogP contribution in [0.2, 0.25) is 0 Å². The van der Waals surface area contributed by atoms with Gasteiger partial charge in [0.1, 0.15) is 0 Å². The highest BCUT2D eigenvalue weighted by Crippen LogP contribution is 2.01. The number of hydrogen-bond donors (Lipinski definition) is 1. The normalized spacial score (nSPS) is 14.4. The van der Waals surface area contributed by atoms with Crippen LogP contribution in [0.3, 0.4) is 0 Å². The van der Waals surface area contributed by atoms with Gasteiger partial charge in [0, 0.05) is 0 Å². The molecule has 0 unspecified atom stereocenters. The number of nitrogens with one attached hydrogen (secondary N) is 2. The first-order valence-electron chi connectivity index (χ1n) is 3.75. The van der Waals surface area contributed by atoms with E-state index in [1.165, 1.54) is 0 Å². The van der Waals surface area contributed by atoms with Crippen molar-refractivity contribution in [3.05, 3.63) is 5.84 Å². The van der Waals surface area contributed by atoms with Gasteiger partial charge >= 0.3 is 0 Å². The van der Waals surface area contributed by atoms with E-state index in [9.17, 15) is 0 Å². The summed E-state index contributed by atoms with van der Waals surface area (Å²) in [7, 11) is 0. The standard InChI is InChI=1S/C8H20N2/c1-7(2,3)10(9)8(4,5)6/h9-10H,1-6H3. The first-order chi connectivity index (χ1) is 4.15. The lowest BCUT2D eigenvalue weighted by Crippen LogP contribution is -3.19. The summed E-state index contributed by atoms with van der Waals surface area (Å²) in [4.78, 5) is 0. The van der Waals surface area contributed by atoms with Crippen LogP contribution in [0, 0.1) is 0 Å². The summed E-state index contributed by atoms with van der Waals surface area (Å²) in [6.45, 7) is 12.5. The average Bonchev–Trinajstić information content (AvgIpc) is 1.59. The molecule has 62 valence electrons. The average molecular weight is 144 g/mol. The van der Waals surface area contributed by atoms with E-state index < -0.39 is 0 Å². The summed E-state index contributed by atoms with van der Waals surface area (Å²) in [5.41, 5.74) is 0.0521. The zero-order chi connectivity index (χ0) is 8.58. The first kappa shape index (κ1) is 9.92. The second-order valence-corrected chi connectivity index (χ2v) is 4.88. The Balaban J connectivity index is 4.23. The zero-order valence-corrected chi connectivity index (χ0v) is 8.00. The summed E-state index contributed by atoms with van der Waals surface area (Å²) in [5, 5.41) is 0.819. The van der Waals surface area contributed by atoms with E-state index in [-0.39, 0.29) is 11.1 Å². The van der Waals surface area contributed by atoms with Crippen molar-refractivity contribution in [1.29, 1.82) is 0 Å². The maximum absolute atomic E-state index is 7.79. The van der Waals surface area contributed by atoms with Gasteiger partial charge < -0.3 is 10.9 Å². The van der Waals surface area contributed by atoms with E-state index in [0.717, 1.165) is 5.01 Å². The largest absolute Gasteiger partial charge is 0.469 e. The summed E-state index contributed by atoms with van der Waals surface area (Å²) in [6, 6.07) is 0. The Morgan fingerprint density at radius 3 is 1.00 bits per heavy atom. The van der Waals surface area contributed by atoms with Gasteiger partial charge in [-0.3, -0.25) is 0 Å². The van der Waals surface area contributed by atoms with Crippen LogP contribution in [-0.2, 0) is 0 Å². The minimum Gasteiger partial charge on any atom is -0.469 e. The fourth-order valence-electron chi connectivity index (χ4n) is 1.12. The molecular weight excluding hydrogens is 124 g/mol. The highest BCUT2D eigenvalue weighted by atomic mass is 15.5. The van der Waals surface area contributed by atoms with Crippen LogP contribution in [0.15, 0.2) is 0 Å². The second-order valence-electron chi connectivity index (χ2n) is 4.88. The van der Waals surface area contributed by atoms with Gasteiger partial charge in [-0.1, -0.05) is 0 Å². The molecule has 0 aliphatic heterocycles. The van der Waals surface area contributed by atoms with E-state index in [1.807, 2.05) is 0 Å². The lowest BCUT2D eigenvalue weighted by Gasteiger charge is -2.45. The Hall–Kier alpha value is -0.0800. The third-order valence-corrected chi connectivity index (χ3v) is 1.50. The van der Waals surface area contributed by atoms with Gasteiger partial charge in [0.15, 0.2) is 0 Å². The van der Waals surface area contributed by atoms with Crippen molar-refractivity contribution in [3.8, 4) is 0 Å². The van der Waals surface area contributed by atoms with E-state index in [0.29, 0.717) is 0 Å². The third kappa shape index (κ3) is 2.67. The van der Waals surface area contributed by atoms with Gasteiger partial charge in [0.05, 0.1) is 11.1 Å². The molecule has 2 nitrogen and oxygen atoms in total. The Morgan fingerprint density at radius 2 is 1.00 bits per heavy atom. The SMILES string of the molecule is CC(C)(C)[NH+]([NH-])C(C)(C)C. The van der Waals surface area contributed by atoms with Gasteiger partial charge in [-0.15, -0.1) is 0 Å². The molecule has 0 heterocycles. The van der Waals surface area contributed by atoms with Crippen molar-refractivity contribution in [3.63, 3.8) is 0 Å². The van der Waals surface area contributed by atoms with E-state index in [1.54, 1.807) is 0 Å². The monoisotopic (exact) mass is 144 g/mol. The van der Waals surface area contributed by atoms with Crippen LogP contribution in [0.4, 0.5) is 0 Å². The topological polar surface area (TPSA) is 28.2 Å². The van der Waals surface area contributed by atoms with Crippen molar-refractivity contribution < 1.29 is 5.01 Å². The Bertz CT molecular complexity index is 91.4. The van der Waals surface area contributed by atoms with E-state index >= 15 is 0 Å². The van der Waals surface area contributed by atoms with Crippen LogP contribution in [0.1, 0.15) is 41.5 Å². The lowest BCUT2D eigenvalue weighted by molar-refractivity contribution is -0.944. The van der Waals surface area contributed by atoms with Crippen molar-refractivity contribution >= 4 is 0 Å². The molecule has 0 aromatic rings. The predicted octanol–water partition coefficient (Wildman–Crippen LogP) is 1.44. The number of rotatable bonds is 0. The Kier molecular flexibility index (Phi) is 2.49. The minimum absolute atomic E-state index is 0.0260. The molecule has 0 saturated carbocycles. The maximum Gasteiger partial charge on any atom is 0.0806 e. The van der Waals surface area contributed by atoms with E-state index in [2.05, 4.69) is 41.5 Å². The molecule has 0 rings (SSSR count). The van der Waals surface area contributed by atoms with Gasteiger partial charge in [-0.25, -0.2) is 0 Å². The molecule has 2 heteroatoms. The van der Waals surface area contributed by atoms with Gasteiger partial charge in [-0.05, 0) is 41.5 Å². The molecule has 0 radical (unpaired) electrons. The number of quaternary nitrogens is 1. The molecule has 2 N–H and O–H groups in total. The highest BCUT2D eigenvalue weighted by Gasteiger charge is 2.27. The van der Waals surface area contributed by atoms with Gasteiger partial charge in [-0.2, -0.15) is 0 Å². The third-order valence-electron chi connectivity index (χ3n) is 1.50. The second kappa shape index (κ2) is 2.51. The Morgan fingerprint density at radius 1 is 0.800 bits per heavy atom. The predicted molar refractivity (Wildman–Crippen MR) is 44.8 cm³/mol. The molecule has 0 atom stereocenters. The smallest absolute Gasteiger partial charge is 0.0806 e. The first-order valence-corrected chi connectivity index (χ1v) is 3.75. The molecule has 0 aliphatic rings. The molecule has 0 aromatic heterocycles. The molecule has 0 aromatic carbocycles. The van der Waals surface area contributed by atoms with Crippen molar-refractivity contribution in [2.75, 3.05) is 0 Å². The maximum atomic E-state index is 7.79. The Labute approximate surface area is 64.4 Å². The van der Waals surface area contributed by atoms with Crippen LogP contribution in [0.25, 0.3) is 5.84 Å². The van der Waals surface area contributed by atoms with Gasteiger partial charge in [0.25, 0.3) is 0 Å². The molecule has 0 saturated heterocycles. The van der Waals surface area contributed by atoms with Crippen LogP contribution < -0.4 is 5.01 Å². The number of hydrogen-bond acceptors (Lipinski definition) is 0. The molecule has 0 spiro atoms. The fraction of sp³-hybridized carbons (Fsp3) is 1.00. The van der Waals surface area contributed by atoms with Crippen LogP contribution >= 0.6 is 0 Å². The summed E-state index contributed by atoms with van der Waals surface area (Å²) in [5.74, 6) is 7.79. The van der Waals surface area contributed by atoms with Crippen molar-refractivity contribution in [2.45, 2.75) is 52.6 Å². The molecule has 0 bridgehead atoms. The minimum atomic E-state index is 0.0260. The molecule has 0 amide bonds. The molecule has 10 heavy (non-hydrogen) atoms. The lowest BCUT2D eigenvalue weighted by atomic mass is 9.99. The summed E-state index contributed by atoms with van der Waals surface area (Å²) in [6.07, 6.45) is 0. The molecule has 0 fully saturated rings. The molecular formula is C8H20N2. The fourth-order valence-corrected chi connectivity index (χ4v) is 1.12. The molecule has 0 aliphatic carbocycles. The summed E-state index contributed by atoms with van der Waals surface area (Å²) < 4.78 is 0. The van der Waals surface area contributed by atoms with E-state index in [4.69, 9.17) is 5.84 Å². The van der Waals surface area contributed by atoms with Crippen molar-refractivity contribution in [1.82, 2.24) is 0 Å². The van der Waals surface area contributed by atoms with Crippen LogP contribution in [-0.4, -0.2) is 11.1 Å². The zero-order valence-electron chi connectivity index (χ0n) is 8.00. The van der Waals surface area contributed by atoms with Crippen molar-refractivity contribution in [2.24, 2.45) is 0 Å². The quantitative estimate of drug-likeness (QED) is 0.498. The summed E-state index contributed by atoms with van der Waals surface area (Å²) >= 11 is 0.